The first-order chi connectivity index (χ1) is 19.6. The molecule has 0 spiro atoms. The Kier molecular flexibility index (Phi) is 5.94. The van der Waals surface area contributed by atoms with E-state index in [4.69, 9.17) is 14.6 Å². The van der Waals surface area contributed by atoms with Crippen LogP contribution in [0.4, 0.5) is 4.39 Å². The van der Waals surface area contributed by atoms with Gasteiger partial charge >= 0.3 is 0 Å². The van der Waals surface area contributed by atoms with Gasteiger partial charge in [0.05, 0.1) is 10.2 Å². The Morgan fingerprint density at radius 3 is 2.50 bits per heavy atom. The van der Waals surface area contributed by atoms with Crippen molar-refractivity contribution in [3.8, 4) is 28.4 Å². The maximum Gasteiger partial charge on any atom is 0.291 e. The van der Waals surface area contributed by atoms with Crippen LogP contribution in [0.25, 0.3) is 40.1 Å². The van der Waals surface area contributed by atoms with Gasteiger partial charge in [0.2, 0.25) is 4.96 Å². The number of hydrogen-bond donors (Lipinski definition) is 0. The van der Waals surface area contributed by atoms with Gasteiger partial charge in [-0.15, -0.1) is 5.10 Å². The first-order valence-electron chi connectivity index (χ1n) is 12.5. The molecule has 0 N–H and O–H groups in total. The number of fused-ring (bicyclic) bond motifs is 2. The lowest BCUT2D eigenvalue weighted by atomic mass is 10.1. The monoisotopic (exact) mass is 549 g/mol. The van der Waals surface area contributed by atoms with E-state index in [-0.39, 0.29) is 11.4 Å². The third kappa shape index (κ3) is 4.54. The van der Waals surface area contributed by atoms with E-state index in [9.17, 15) is 9.18 Å². The molecule has 0 bridgehead atoms. The van der Waals surface area contributed by atoms with Crippen LogP contribution in [0.3, 0.4) is 0 Å². The number of para-hydroxylation sites is 1. The molecule has 0 saturated carbocycles. The van der Waals surface area contributed by atoms with E-state index in [0.29, 0.717) is 45.7 Å². The van der Waals surface area contributed by atoms with E-state index in [2.05, 4.69) is 10.1 Å². The molecule has 0 fully saturated rings. The van der Waals surface area contributed by atoms with E-state index < -0.39 is 0 Å². The third-order valence-electron chi connectivity index (χ3n) is 6.36. The Morgan fingerprint density at radius 1 is 0.900 bits per heavy atom. The first kappa shape index (κ1) is 24.0. The van der Waals surface area contributed by atoms with E-state index in [1.165, 1.54) is 28.0 Å². The highest BCUT2D eigenvalue weighted by Crippen LogP contribution is 2.35. The fourth-order valence-corrected chi connectivity index (χ4v) is 5.33. The van der Waals surface area contributed by atoms with Gasteiger partial charge in [-0.2, -0.15) is 14.6 Å². The van der Waals surface area contributed by atoms with Crippen molar-refractivity contribution in [2.24, 2.45) is 0 Å². The number of thiazole rings is 1. The normalized spacial score (nSPS) is 13.5. The van der Waals surface area contributed by atoms with E-state index >= 15 is 0 Å². The van der Waals surface area contributed by atoms with E-state index in [0.717, 1.165) is 22.4 Å². The molecule has 3 aromatic heterocycles. The molecule has 196 valence electrons. The molecule has 0 atom stereocenters. The lowest BCUT2D eigenvalue weighted by molar-refractivity contribution is 0.171. The molecule has 0 aliphatic carbocycles. The molecule has 0 amide bonds. The molecule has 1 aliphatic rings. The smallest absolute Gasteiger partial charge is 0.291 e. The Balaban J connectivity index is 1.29. The van der Waals surface area contributed by atoms with Gasteiger partial charge in [0, 0.05) is 17.3 Å². The molecule has 0 radical (unpaired) electrons. The lowest BCUT2D eigenvalue weighted by Crippen LogP contribution is -2.23. The van der Waals surface area contributed by atoms with Crippen molar-refractivity contribution >= 4 is 34.5 Å². The second-order valence-electron chi connectivity index (χ2n) is 9.04. The summed E-state index contributed by atoms with van der Waals surface area (Å²) in [5.74, 6) is 1.45. The molecule has 40 heavy (non-hydrogen) atoms. The molecular weight excluding hydrogens is 529 g/mol. The van der Waals surface area contributed by atoms with Crippen LogP contribution < -0.4 is 19.6 Å². The minimum absolute atomic E-state index is 0.269. The van der Waals surface area contributed by atoms with Crippen molar-refractivity contribution in [2.45, 2.75) is 0 Å². The van der Waals surface area contributed by atoms with Gasteiger partial charge in [-0.25, -0.2) is 9.07 Å². The second-order valence-corrected chi connectivity index (χ2v) is 10.0. The number of hydrogen-bond acceptors (Lipinski definition) is 7. The highest BCUT2D eigenvalue weighted by Gasteiger charge is 2.17. The highest BCUT2D eigenvalue weighted by molar-refractivity contribution is 7.15. The lowest BCUT2D eigenvalue weighted by Gasteiger charge is -2.18. The zero-order valence-electron chi connectivity index (χ0n) is 20.9. The summed E-state index contributed by atoms with van der Waals surface area (Å²) in [6, 6.07) is 21.6. The summed E-state index contributed by atoms with van der Waals surface area (Å²) in [7, 11) is 0. The van der Waals surface area contributed by atoms with E-state index in [1.54, 1.807) is 29.0 Å². The van der Waals surface area contributed by atoms with Crippen molar-refractivity contribution < 1.29 is 13.9 Å². The van der Waals surface area contributed by atoms with Crippen molar-refractivity contribution in [1.29, 1.82) is 0 Å². The third-order valence-corrected chi connectivity index (χ3v) is 7.32. The molecule has 7 rings (SSSR count). The molecule has 8 nitrogen and oxygen atoms in total. The quantitative estimate of drug-likeness (QED) is 0.312. The van der Waals surface area contributed by atoms with Crippen molar-refractivity contribution in [2.75, 3.05) is 13.2 Å². The standard InChI is InChI=1S/C30H20FN5O3S/c31-22-10-6-19(7-11-22)8-13-27-32-30-36(33-27)29(37)26(40-30)17-21-18-35(23-4-2-1-3-5-23)34-28(21)20-9-12-24-25(16-20)39-15-14-38-24/h1-13,16-18H,14-15H2/b13-8+,26-17-. The van der Waals surface area contributed by atoms with E-state index in [1.807, 2.05) is 60.8 Å². The van der Waals surface area contributed by atoms with Gasteiger partial charge in [-0.3, -0.25) is 4.79 Å². The summed E-state index contributed by atoms with van der Waals surface area (Å²) >= 11 is 1.25. The molecule has 4 heterocycles. The summed E-state index contributed by atoms with van der Waals surface area (Å²) in [5, 5.41) is 9.22. The van der Waals surface area contributed by atoms with Gasteiger partial charge in [0.25, 0.3) is 5.56 Å². The van der Waals surface area contributed by atoms with Crippen LogP contribution in [0.2, 0.25) is 0 Å². The van der Waals surface area contributed by atoms with Crippen molar-refractivity contribution in [3.63, 3.8) is 0 Å². The van der Waals surface area contributed by atoms with Crippen molar-refractivity contribution in [3.05, 3.63) is 117 Å². The minimum Gasteiger partial charge on any atom is -0.486 e. The predicted molar refractivity (Wildman–Crippen MR) is 151 cm³/mol. The summed E-state index contributed by atoms with van der Waals surface area (Å²) < 4.78 is 28.2. The first-order valence-corrected chi connectivity index (χ1v) is 13.3. The van der Waals surface area contributed by atoms with Gasteiger partial charge in [0.1, 0.15) is 24.7 Å². The molecule has 0 unspecified atom stereocenters. The van der Waals surface area contributed by atoms with Gasteiger partial charge in [0.15, 0.2) is 17.3 Å². The molecular formula is C30H20FN5O3S. The van der Waals surface area contributed by atoms with Crippen LogP contribution in [0.15, 0.2) is 83.8 Å². The minimum atomic E-state index is -0.302. The fraction of sp³-hybridized carbons (Fsp3) is 0.0667. The summed E-state index contributed by atoms with van der Waals surface area (Å²) in [5.41, 5.74) is 3.72. The van der Waals surface area contributed by atoms with Crippen LogP contribution in [0.5, 0.6) is 11.5 Å². The van der Waals surface area contributed by atoms with Gasteiger partial charge in [-0.05, 0) is 60.2 Å². The SMILES string of the molecule is O=c1/c(=C/c2cn(-c3ccccc3)nc2-c2ccc3c(c2)OCCO3)sc2nc(/C=C/c3ccc(F)cc3)nn12. The average molecular weight is 550 g/mol. The summed E-state index contributed by atoms with van der Waals surface area (Å²) in [4.78, 5) is 18.3. The second kappa shape index (κ2) is 9.90. The molecule has 3 aromatic carbocycles. The molecule has 6 aromatic rings. The Hall–Kier alpha value is -5.09. The van der Waals surface area contributed by atoms with Crippen LogP contribution in [-0.4, -0.2) is 37.6 Å². The number of ether oxygens (including phenoxy) is 2. The van der Waals surface area contributed by atoms with Crippen LogP contribution in [0.1, 0.15) is 17.0 Å². The Bertz CT molecular complexity index is 2000. The number of aromatic nitrogens is 5. The van der Waals surface area contributed by atoms with Crippen LogP contribution in [-0.2, 0) is 0 Å². The Morgan fingerprint density at radius 2 is 1.70 bits per heavy atom. The van der Waals surface area contributed by atoms with Gasteiger partial charge in [-0.1, -0.05) is 47.7 Å². The van der Waals surface area contributed by atoms with Crippen molar-refractivity contribution in [1.82, 2.24) is 24.4 Å². The summed E-state index contributed by atoms with van der Waals surface area (Å²) in [6.45, 7) is 0.995. The molecule has 0 saturated heterocycles. The van der Waals surface area contributed by atoms with Crippen LogP contribution in [0, 0.1) is 5.82 Å². The highest BCUT2D eigenvalue weighted by atomic mass is 32.1. The maximum atomic E-state index is 13.3. The fourth-order valence-electron chi connectivity index (χ4n) is 4.43. The Labute approximate surface area is 230 Å². The zero-order chi connectivity index (χ0) is 27.1. The predicted octanol–water partition coefficient (Wildman–Crippen LogP) is 4.63. The van der Waals surface area contributed by atoms with Gasteiger partial charge < -0.3 is 9.47 Å². The summed E-state index contributed by atoms with van der Waals surface area (Å²) in [6.07, 6.45) is 7.18. The molecule has 10 heteroatoms. The largest absolute Gasteiger partial charge is 0.486 e. The zero-order valence-corrected chi connectivity index (χ0v) is 21.7. The average Bonchev–Trinajstić information content (AvgIpc) is 3.67. The topological polar surface area (TPSA) is 83.5 Å². The number of halogens is 1. The number of nitrogens with zero attached hydrogens (tertiary/aromatic N) is 5. The number of rotatable bonds is 5. The number of benzene rings is 3. The van der Waals surface area contributed by atoms with Crippen LogP contribution >= 0.6 is 11.3 Å². The molecule has 1 aliphatic heterocycles. The maximum absolute atomic E-state index is 13.3.